The van der Waals surface area contributed by atoms with Crippen LogP contribution in [0.2, 0.25) is 0 Å². The van der Waals surface area contributed by atoms with E-state index < -0.39 is 26.5 Å². The molecule has 0 rings (SSSR count). The van der Waals surface area contributed by atoms with E-state index in [-0.39, 0.29) is 32.0 Å². The molecule has 0 aromatic carbocycles. The lowest BCUT2D eigenvalue weighted by atomic mass is 10.0. The predicted octanol–water partition coefficient (Wildman–Crippen LogP) is 18.8. The van der Waals surface area contributed by atoms with Gasteiger partial charge in [-0.2, -0.15) is 0 Å². The topological polar surface area (TPSA) is 108 Å². The molecule has 0 radical (unpaired) electrons. The van der Waals surface area contributed by atoms with Gasteiger partial charge in [-0.15, -0.1) is 0 Å². The van der Waals surface area contributed by atoms with Crippen LogP contribution in [0.4, 0.5) is 0 Å². The van der Waals surface area contributed by atoms with Crippen LogP contribution < -0.4 is 0 Å². The van der Waals surface area contributed by atoms with Crippen molar-refractivity contribution in [3.05, 3.63) is 97.2 Å². The van der Waals surface area contributed by atoms with E-state index in [0.717, 1.165) is 89.9 Å². The summed E-state index contributed by atoms with van der Waals surface area (Å²) in [5.41, 5.74) is 0. The third-order valence-electron chi connectivity index (χ3n) is 12.6. The summed E-state index contributed by atoms with van der Waals surface area (Å²) in [4.78, 5) is 35.7. The molecule has 2 atom stereocenters. The van der Waals surface area contributed by atoms with Gasteiger partial charge in [0.1, 0.15) is 19.8 Å². The van der Waals surface area contributed by atoms with E-state index in [4.69, 9.17) is 18.5 Å². The normalized spacial score (nSPS) is 14.0. The zero-order valence-electron chi connectivity index (χ0n) is 48.3. The first-order chi connectivity index (χ1) is 36.0. The Labute approximate surface area is 455 Å². The first kappa shape index (κ1) is 70.9. The number of phosphoric acid groups is 1. The Morgan fingerprint density at radius 1 is 0.432 bits per heavy atom. The molecule has 9 nitrogen and oxygen atoms in total. The first-order valence-electron chi connectivity index (χ1n) is 30.0. The summed E-state index contributed by atoms with van der Waals surface area (Å²) in [7, 11) is 1.45. The SMILES string of the molecule is CC/C=C\C/C=C\C/C=C\C/C=C\C/C=C\C/C=C\CCCCCCC(=O)OC(COC(=O)CCCCCCCCCCCCCCCCC/C=C\C/C=C\CCCCCCC)COP(=O)(O)OCC[N+](C)(C)C. The van der Waals surface area contributed by atoms with Gasteiger partial charge < -0.3 is 18.9 Å². The van der Waals surface area contributed by atoms with Gasteiger partial charge in [0, 0.05) is 12.8 Å². The van der Waals surface area contributed by atoms with Crippen molar-refractivity contribution in [2.45, 2.75) is 251 Å². The van der Waals surface area contributed by atoms with E-state index in [1.165, 1.54) is 122 Å². The Balaban J connectivity index is 4.20. The summed E-state index contributed by atoms with van der Waals surface area (Å²) in [6.45, 7) is 4.28. The molecule has 0 aromatic heterocycles. The van der Waals surface area contributed by atoms with Crippen molar-refractivity contribution in [3.63, 3.8) is 0 Å². The fourth-order valence-electron chi connectivity index (χ4n) is 7.99. The van der Waals surface area contributed by atoms with Gasteiger partial charge in [-0.1, -0.05) is 233 Å². The standard InChI is InChI=1S/C64H112NO8P/c1-6-8-10-12-14-16-18-20-22-24-26-28-30-31-32-33-35-36-38-40-42-44-46-48-50-52-54-56-63(66)70-60-62(61-72-74(68,69)71-59-58-65(3,4)5)73-64(67)57-55-53-51-49-47-45-43-41-39-37-34-29-27-25-23-21-19-17-15-13-11-9-7-2/h9,11,15,17-18,20-21,23-24,26-27,29,37,39,43,45,62H,6-8,10,12-14,16,19,22,25,28,30-36,38,40-42,44,46-61H2,1-5H3/p+1/b11-9-,17-15-,20-18-,23-21-,26-24-,29-27-,39-37-,45-43-. The highest BCUT2D eigenvalue weighted by Crippen LogP contribution is 2.43. The maximum atomic E-state index is 12.8. The summed E-state index contributed by atoms with van der Waals surface area (Å²) in [6, 6.07) is 0. The monoisotopic (exact) mass is 1050 g/mol. The van der Waals surface area contributed by atoms with Crippen LogP contribution in [0.15, 0.2) is 97.2 Å². The zero-order valence-corrected chi connectivity index (χ0v) is 49.2. The second kappa shape index (κ2) is 54.7. The number of quaternary nitrogens is 1. The van der Waals surface area contributed by atoms with Crippen molar-refractivity contribution >= 4 is 19.8 Å². The van der Waals surface area contributed by atoms with Crippen LogP contribution in [0, 0.1) is 0 Å². The molecule has 0 bridgehead atoms. The molecule has 0 aliphatic rings. The minimum atomic E-state index is -4.40. The Morgan fingerprint density at radius 3 is 1.15 bits per heavy atom. The van der Waals surface area contributed by atoms with Gasteiger partial charge in [0.05, 0.1) is 27.7 Å². The summed E-state index contributed by atoms with van der Waals surface area (Å²) < 4.78 is 34.6. The molecule has 0 aliphatic heterocycles. The summed E-state index contributed by atoms with van der Waals surface area (Å²) in [6.07, 6.45) is 74.8. The van der Waals surface area contributed by atoms with Gasteiger partial charge in [-0.05, 0) is 96.3 Å². The van der Waals surface area contributed by atoms with Crippen molar-refractivity contribution in [1.29, 1.82) is 0 Å². The number of nitrogens with zero attached hydrogens (tertiary/aromatic N) is 1. The smallest absolute Gasteiger partial charge is 0.462 e. The van der Waals surface area contributed by atoms with Gasteiger partial charge in [-0.3, -0.25) is 18.6 Å². The number of unbranched alkanes of at least 4 members (excludes halogenated alkanes) is 24. The molecule has 0 aliphatic carbocycles. The van der Waals surface area contributed by atoms with Crippen molar-refractivity contribution in [2.24, 2.45) is 0 Å². The Morgan fingerprint density at radius 2 is 0.770 bits per heavy atom. The minimum Gasteiger partial charge on any atom is -0.462 e. The highest BCUT2D eigenvalue weighted by molar-refractivity contribution is 7.47. The van der Waals surface area contributed by atoms with Crippen molar-refractivity contribution in [3.8, 4) is 0 Å². The number of phosphoric ester groups is 1. The summed E-state index contributed by atoms with van der Waals surface area (Å²) in [5.74, 6) is -0.827. The van der Waals surface area contributed by atoms with Crippen LogP contribution in [0.1, 0.15) is 245 Å². The molecule has 0 fully saturated rings. The van der Waals surface area contributed by atoms with Gasteiger partial charge in [0.25, 0.3) is 0 Å². The number of carbonyl (C=O) groups is 2. The number of ether oxygens (including phenoxy) is 2. The number of allylic oxidation sites excluding steroid dienone is 16. The Hall–Kier alpha value is -3.07. The molecule has 426 valence electrons. The largest absolute Gasteiger partial charge is 0.472 e. The van der Waals surface area contributed by atoms with Gasteiger partial charge in [-0.25, -0.2) is 4.57 Å². The lowest BCUT2D eigenvalue weighted by Gasteiger charge is -2.24. The van der Waals surface area contributed by atoms with Crippen LogP contribution in [0.5, 0.6) is 0 Å². The second-order valence-electron chi connectivity index (χ2n) is 21.0. The third kappa shape index (κ3) is 58.2. The Kier molecular flexibility index (Phi) is 52.4. The minimum absolute atomic E-state index is 0.0219. The van der Waals surface area contributed by atoms with E-state index in [1.807, 2.05) is 21.1 Å². The lowest BCUT2D eigenvalue weighted by molar-refractivity contribution is -0.870. The second-order valence-corrected chi connectivity index (χ2v) is 22.5. The highest BCUT2D eigenvalue weighted by Gasteiger charge is 2.27. The summed E-state index contributed by atoms with van der Waals surface area (Å²) >= 11 is 0. The molecule has 74 heavy (non-hydrogen) atoms. The fraction of sp³-hybridized carbons (Fsp3) is 0.719. The zero-order chi connectivity index (χ0) is 54.2. The third-order valence-corrected chi connectivity index (χ3v) is 13.6. The quantitative estimate of drug-likeness (QED) is 0.0211. The van der Waals surface area contributed by atoms with E-state index in [0.29, 0.717) is 17.4 Å². The molecular weight excluding hydrogens is 942 g/mol. The van der Waals surface area contributed by atoms with E-state index >= 15 is 0 Å². The number of carbonyl (C=O) groups excluding carboxylic acids is 2. The molecule has 0 saturated heterocycles. The van der Waals surface area contributed by atoms with Gasteiger partial charge in [0.15, 0.2) is 6.10 Å². The molecular formula is C64H113NO8P+. The van der Waals surface area contributed by atoms with E-state index in [2.05, 4.69) is 111 Å². The number of rotatable bonds is 54. The maximum Gasteiger partial charge on any atom is 0.472 e. The average Bonchev–Trinajstić information content (AvgIpc) is 3.36. The van der Waals surface area contributed by atoms with Crippen LogP contribution >= 0.6 is 7.82 Å². The maximum absolute atomic E-state index is 12.8. The number of hydrogen-bond donors (Lipinski definition) is 1. The molecule has 10 heteroatoms. The number of likely N-dealkylation sites (N-methyl/N-ethyl adjacent to an activating group) is 1. The Bertz CT molecular complexity index is 1570. The van der Waals surface area contributed by atoms with E-state index in [9.17, 15) is 19.0 Å². The van der Waals surface area contributed by atoms with Gasteiger partial charge in [0.2, 0.25) is 0 Å². The lowest BCUT2D eigenvalue weighted by Crippen LogP contribution is -2.37. The molecule has 0 amide bonds. The van der Waals surface area contributed by atoms with E-state index in [1.54, 1.807) is 0 Å². The van der Waals surface area contributed by atoms with Crippen LogP contribution in [-0.2, 0) is 32.7 Å². The van der Waals surface area contributed by atoms with Gasteiger partial charge >= 0.3 is 19.8 Å². The van der Waals surface area contributed by atoms with Crippen LogP contribution in [0.3, 0.4) is 0 Å². The van der Waals surface area contributed by atoms with Crippen molar-refractivity contribution in [1.82, 2.24) is 0 Å². The molecule has 0 spiro atoms. The summed E-state index contributed by atoms with van der Waals surface area (Å²) in [5, 5.41) is 0. The molecule has 2 unspecified atom stereocenters. The average molecular weight is 1060 g/mol. The molecule has 0 aromatic rings. The van der Waals surface area contributed by atoms with Crippen LogP contribution in [0.25, 0.3) is 0 Å². The number of hydrogen-bond acceptors (Lipinski definition) is 7. The van der Waals surface area contributed by atoms with Crippen molar-refractivity contribution in [2.75, 3.05) is 47.5 Å². The van der Waals surface area contributed by atoms with Crippen molar-refractivity contribution < 1.29 is 42.1 Å². The highest BCUT2D eigenvalue weighted by atomic mass is 31.2. The van der Waals surface area contributed by atoms with Crippen LogP contribution in [-0.4, -0.2) is 74.9 Å². The predicted molar refractivity (Wildman–Crippen MR) is 316 cm³/mol. The molecule has 1 N–H and O–H groups in total. The molecule has 0 heterocycles. The number of esters is 2. The fourth-order valence-corrected chi connectivity index (χ4v) is 8.73. The molecule has 0 saturated carbocycles. The first-order valence-corrected chi connectivity index (χ1v) is 31.5.